The first-order chi connectivity index (χ1) is 15.6. The summed E-state index contributed by atoms with van der Waals surface area (Å²) in [6.07, 6.45) is 0.0739. The minimum absolute atomic E-state index is 0.0739. The molecular formula is C22H22N2O8. The van der Waals surface area contributed by atoms with Crippen molar-refractivity contribution in [2.24, 2.45) is 0 Å². The van der Waals surface area contributed by atoms with Crippen LogP contribution >= 0.6 is 0 Å². The quantitative estimate of drug-likeness (QED) is 0.483. The molecule has 168 valence electrons. The Morgan fingerprint density at radius 1 is 0.938 bits per heavy atom. The van der Waals surface area contributed by atoms with Crippen LogP contribution in [0.3, 0.4) is 0 Å². The van der Waals surface area contributed by atoms with Crippen LogP contribution < -0.4 is 23.7 Å². The van der Waals surface area contributed by atoms with E-state index < -0.39 is 5.97 Å². The molecule has 0 N–H and O–H groups in total. The lowest BCUT2D eigenvalue weighted by atomic mass is 10.1. The van der Waals surface area contributed by atoms with Crippen molar-refractivity contribution >= 4 is 5.97 Å². The molecule has 1 aliphatic rings. The van der Waals surface area contributed by atoms with Crippen molar-refractivity contribution < 1.29 is 37.6 Å². The third-order valence-electron chi connectivity index (χ3n) is 4.69. The van der Waals surface area contributed by atoms with Gasteiger partial charge in [0.05, 0.1) is 27.8 Å². The normalized spacial score (nSPS) is 12.2. The number of hydrogen-bond acceptors (Lipinski definition) is 10. The molecular weight excluding hydrogens is 420 g/mol. The molecule has 0 spiro atoms. The minimum atomic E-state index is -0.436. The lowest BCUT2D eigenvalue weighted by Crippen LogP contribution is -2.16. The molecule has 0 amide bonds. The van der Waals surface area contributed by atoms with Gasteiger partial charge in [0.15, 0.2) is 29.6 Å². The Balaban J connectivity index is 1.40. The Morgan fingerprint density at radius 2 is 1.66 bits per heavy atom. The van der Waals surface area contributed by atoms with Gasteiger partial charge >= 0.3 is 5.97 Å². The van der Waals surface area contributed by atoms with Gasteiger partial charge in [-0.05, 0) is 29.8 Å². The number of carbonyl (C=O) groups is 1. The number of benzene rings is 2. The first kappa shape index (κ1) is 21.3. The molecule has 0 saturated heterocycles. The van der Waals surface area contributed by atoms with Crippen LogP contribution in [0.1, 0.15) is 11.5 Å². The number of ether oxygens (including phenoxy) is 6. The van der Waals surface area contributed by atoms with E-state index in [0.29, 0.717) is 47.5 Å². The summed E-state index contributed by atoms with van der Waals surface area (Å²) in [7, 11) is 4.55. The summed E-state index contributed by atoms with van der Waals surface area (Å²) in [5.74, 6) is 2.58. The Kier molecular flexibility index (Phi) is 6.29. The summed E-state index contributed by atoms with van der Waals surface area (Å²) in [4.78, 5) is 12.2. The van der Waals surface area contributed by atoms with E-state index in [2.05, 4.69) is 10.2 Å². The molecule has 10 heteroatoms. The SMILES string of the molecule is COc1cc(-c2nnc(COC(=O)Cc3ccc4c(c3)OCCO4)o2)cc(OC)c1OC. The summed E-state index contributed by atoms with van der Waals surface area (Å²) in [6.45, 7) is 0.837. The van der Waals surface area contributed by atoms with Crippen LogP contribution in [0.25, 0.3) is 11.5 Å². The third-order valence-corrected chi connectivity index (χ3v) is 4.69. The predicted molar refractivity (Wildman–Crippen MR) is 110 cm³/mol. The van der Waals surface area contributed by atoms with E-state index in [1.807, 2.05) is 0 Å². The van der Waals surface area contributed by atoms with Gasteiger partial charge in [-0.15, -0.1) is 10.2 Å². The molecule has 0 aliphatic carbocycles. The predicted octanol–water partition coefficient (Wildman–Crippen LogP) is 2.82. The fraction of sp³-hybridized carbons (Fsp3) is 0.318. The highest BCUT2D eigenvalue weighted by molar-refractivity contribution is 5.73. The number of hydrogen-bond donors (Lipinski definition) is 0. The summed E-state index contributed by atoms with van der Waals surface area (Å²) in [5, 5.41) is 7.95. The van der Waals surface area contributed by atoms with Gasteiger partial charge < -0.3 is 32.8 Å². The Bertz CT molecular complexity index is 1090. The molecule has 4 rings (SSSR count). The highest BCUT2D eigenvalue weighted by Crippen LogP contribution is 2.40. The van der Waals surface area contributed by atoms with Crippen molar-refractivity contribution in [2.45, 2.75) is 13.0 Å². The summed E-state index contributed by atoms with van der Waals surface area (Å²) in [5.41, 5.74) is 1.32. The molecule has 1 aromatic heterocycles. The first-order valence-electron chi connectivity index (χ1n) is 9.78. The van der Waals surface area contributed by atoms with Crippen molar-refractivity contribution in [3.63, 3.8) is 0 Å². The van der Waals surface area contributed by atoms with Crippen molar-refractivity contribution in [1.82, 2.24) is 10.2 Å². The molecule has 0 fully saturated rings. The maximum atomic E-state index is 12.2. The van der Waals surface area contributed by atoms with Gasteiger partial charge in [0, 0.05) is 5.56 Å². The topological polar surface area (TPSA) is 111 Å². The Hall–Kier alpha value is -3.95. The molecule has 0 saturated carbocycles. The van der Waals surface area contributed by atoms with E-state index in [4.69, 9.17) is 32.8 Å². The second-order valence-electron chi connectivity index (χ2n) is 6.73. The van der Waals surface area contributed by atoms with Crippen LogP contribution in [-0.4, -0.2) is 50.7 Å². The molecule has 32 heavy (non-hydrogen) atoms. The van der Waals surface area contributed by atoms with E-state index in [1.165, 1.54) is 21.3 Å². The number of esters is 1. The summed E-state index contributed by atoms with van der Waals surface area (Å²) in [6, 6.07) is 8.72. The van der Waals surface area contributed by atoms with E-state index in [0.717, 1.165) is 5.56 Å². The number of fused-ring (bicyclic) bond motifs is 1. The minimum Gasteiger partial charge on any atom is -0.493 e. The van der Waals surface area contributed by atoms with Crippen molar-refractivity contribution in [2.75, 3.05) is 34.5 Å². The zero-order valence-corrected chi connectivity index (χ0v) is 17.9. The second-order valence-corrected chi connectivity index (χ2v) is 6.73. The lowest BCUT2D eigenvalue weighted by Gasteiger charge is -2.18. The molecule has 2 heterocycles. The van der Waals surface area contributed by atoms with Crippen LogP contribution in [0.2, 0.25) is 0 Å². The van der Waals surface area contributed by atoms with Gasteiger partial charge in [-0.3, -0.25) is 4.79 Å². The standard InChI is InChI=1S/C22H22N2O8/c1-26-17-10-14(11-18(27-2)21(17)28-3)22-24-23-19(32-22)12-31-20(25)9-13-4-5-15-16(8-13)30-7-6-29-15/h4-5,8,10-11H,6-7,9,12H2,1-3H3. The highest BCUT2D eigenvalue weighted by Gasteiger charge is 2.18. The molecule has 0 unspecified atom stereocenters. The van der Waals surface area contributed by atoms with E-state index in [9.17, 15) is 4.79 Å². The van der Waals surface area contributed by atoms with E-state index in [-0.39, 0.29) is 24.8 Å². The Morgan fingerprint density at radius 3 is 2.34 bits per heavy atom. The highest BCUT2D eigenvalue weighted by atomic mass is 16.6. The second kappa shape index (κ2) is 9.46. The van der Waals surface area contributed by atoms with Crippen LogP contribution in [0.5, 0.6) is 28.7 Å². The zero-order chi connectivity index (χ0) is 22.5. The monoisotopic (exact) mass is 442 g/mol. The van der Waals surface area contributed by atoms with Crippen molar-refractivity contribution in [3.05, 3.63) is 41.8 Å². The maximum Gasteiger partial charge on any atom is 0.310 e. The van der Waals surface area contributed by atoms with Gasteiger partial charge in [0.1, 0.15) is 13.2 Å². The smallest absolute Gasteiger partial charge is 0.310 e. The van der Waals surface area contributed by atoms with Crippen LogP contribution in [0.4, 0.5) is 0 Å². The fourth-order valence-corrected chi connectivity index (χ4v) is 3.19. The number of carbonyl (C=O) groups excluding carboxylic acids is 1. The zero-order valence-electron chi connectivity index (χ0n) is 17.9. The van der Waals surface area contributed by atoms with Crippen LogP contribution in [0.15, 0.2) is 34.7 Å². The van der Waals surface area contributed by atoms with Crippen molar-refractivity contribution in [1.29, 1.82) is 0 Å². The van der Waals surface area contributed by atoms with Gasteiger partial charge in [-0.25, -0.2) is 0 Å². The molecule has 0 bridgehead atoms. The summed E-state index contributed by atoms with van der Waals surface area (Å²) < 4.78 is 37.9. The molecule has 2 aromatic carbocycles. The van der Waals surface area contributed by atoms with Gasteiger partial charge in [-0.1, -0.05) is 6.07 Å². The van der Waals surface area contributed by atoms with Gasteiger partial charge in [-0.2, -0.15) is 0 Å². The number of nitrogens with zero attached hydrogens (tertiary/aromatic N) is 2. The van der Waals surface area contributed by atoms with E-state index >= 15 is 0 Å². The van der Waals surface area contributed by atoms with E-state index in [1.54, 1.807) is 30.3 Å². The average molecular weight is 442 g/mol. The first-order valence-corrected chi connectivity index (χ1v) is 9.78. The fourth-order valence-electron chi connectivity index (χ4n) is 3.19. The molecule has 0 atom stereocenters. The molecule has 10 nitrogen and oxygen atoms in total. The van der Waals surface area contributed by atoms with Gasteiger partial charge in [0.2, 0.25) is 11.6 Å². The largest absolute Gasteiger partial charge is 0.493 e. The van der Waals surface area contributed by atoms with Gasteiger partial charge in [0.25, 0.3) is 5.89 Å². The number of aromatic nitrogens is 2. The lowest BCUT2D eigenvalue weighted by molar-refractivity contribution is -0.144. The van der Waals surface area contributed by atoms with Crippen LogP contribution in [-0.2, 0) is 22.6 Å². The van der Waals surface area contributed by atoms with Crippen molar-refractivity contribution in [3.8, 4) is 40.2 Å². The number of rotatable bonds is 8. The molecule has 3 aromatic rings. The molecule has 0 radical (unpaired) electrons. The maximum absolute atomic E-state index is 12.2. The van der Waals surface area contributed by atoms with Crippen LogP contribution in [0, 0.1) is 0 Å². The Labute approximate surface area is 184 Å². The summed E-state index contributed by atoms with van der Waals surface area (Å²) >= 11 is 0. The number of methoxy groups -OCH3 is 3. The average Bonchev–Trinajstić information content (AvgIpc) is 3.31. The molecule has 1 aliphatic heterocycles. The third kappa shape index (κ3) is 4.53.